The Morgan fingerprint density at radius 3 is 2.74 bits per heavy atom. The minimum atomic E-state index is -0.435. The van der Waals surface area contributed by atoms with Crippen molar-refractivity contribution in [1.82, 2.24) is 20.2 Å². The fourth-order valence-electron chi connectivity index (χ4n) is 1.97. The maximum atomic E-state index is 12.3. The summed E-state index contributed by atoms with van der Waals surface area (Å²) in [5.74, 6) is -0.241. The molecule has 0 aliphatic rings. The lowest BCUT2D eigenvalue weighted by atomic mass is 10.2. The molecule has 1 amide bonds. The van der Waals surface area contributed by atoms with E-state index in [1.54, 1.807) is 6.07 Å². The van der Waals surface area contributed by atoms with E-state index in [4.69, 9.17) is 9.47 Å². The second-order valence-corrected chi connectivity index (χ2v) is 4.52. The van der Waals surface area contributed by atoms with Crippen molar-refractivity contribution in [2.24, 2.45) is 0 Å². The Morgan fingerprint density at radius 1 is 1.13 bits per heavy atom. The molecule has 0 spiro atoms. The normalized spacial score (nSPS) is 10.3. The Labute approximate surface area is 131 Å². The zero-order chi connectivity index (χ0) is 16.2. The second-order valence-electron chi connectivity index (χ2n) is 4.52. The summed E-state index contributed by atoms with van der Waals surface area (Å²) in [6, 6.07) is 9.21. The van der Waals surface area contributed by atoms with E-state index >= 15 is 0 Å². The van der Waals surface area contributed by atoms with Gasteiger partial charge in [-0.3, -0.25) is 4.79 Å². The number of nitrogens with one attached hydrogen (secondary N) is 1. The highest BCUT2D eigenvalue weighted by Gasteiger charge is 2.14. The number of carbonyl (C=O) groups excluding carboxylic acids is 1. The fraction of sp³-hybridized carbons (Fsp3) is 0.133. The van der Waals surface area contributed by atoms with Crippen LogP contribution in [-0.2, 0) is 0 Å². The maximum Gasteiger partial charge on any atom is 0.319 e. The molecule has 0 aliphatic heterocycles. The molecule has 0 unspecified atom stereocenters. The van der Waals surface area contributed by atoms with Crippen LogP contribution < -0.4 is 14.8 Å². The van der Waals surface area contributed by atoms with Crippen molar-refractivity contribution in [2.75, 3.05) is 19.5 Å². The topological polar surface area (TPSA) is 99.1 Å². The minimum absolute atomic E-state index is 0.144. The largest absolute Gasteiger partial charge is 0.479 e. The van der Waals surface area contributed by atoms with Crippen LogP contribution in [0.25, 0.3) is 10.9 Å². The molecule has 0 atom stereocenters. The highest BCUT2D eigenvalue weighted by atomic mass is 16.5. The van der Waals surface area contributed by atoms with E-state index in [0.29, 0.717) is 5.69 Å². The maximum absolute atomic E-state index is 12.3. The molecule has 116 valence electrons. The molecule has 0 saturated heterocycles. The molecule has 0 radical (unpaired) electrons. The van der Waals surface area contributed by atoms with Crippen molar-refractivity contribution in [3.8, 4) is 11.9 Å². The lowest BCUT2D eigenvalue weighted by Gasteiger charge is -2.09. The van der Waals surface area contributed by atoms with Gasteiger partial charge in [-0.1, -0.05) is 18.2 Å². The number of amides is 1. The Bertz CT molecular complexity index is 869. The number of rotatable bonds is 4. The Balaban J connectivity index is 1.88. The Morgan fingerprint density at radius 2 is 1.96 bits per heavy atom. The summed E-state index contributed by atoms with van der Waals surface area (Å²) >= 11 is 0. The molecule has 0 aliphatic carbocycles. The molecule has 23 heavy (non-hydrogen) atoms. The van der Waals surface area contributed by atoms with Crippen LogP contribution in [0.5, 0.6) is 11.9 Å². The summed E-state index contributed by atoms with van der Waals surface area (Å²) in [4.78, 5) is 20.3. The summed E-state index contributed by atoms with van der Waals surface area (Å²) < 4.78 is 10.0. The summed E-state index contributed by atoms with van der Waals surface area (Å²) in [7, 11) is 2.88. The van der Waals surface area contributed by atoms with Gasteiger partial charge in [-0.05, 0) is 12.1 Å². The molecule has 2 aromatic heterocycles. The standard InChI is InChI=1S/C15H13N5O3/c1-22-14-12(8-16-15(18-14)23-2)17-13(21)11-7-9-5-3-4-6-10(9)19-20-11/h3-8H,1-2H3,(H,17,21). The third-order valence-corrected chi connectivity index (χ3v) is 3.08. The molecule has 8 heteroatoms. The zero-order valence-electron chi connectivity index (χ0n) is 12.5. The van der Waals surface area contributed by atoms with Crippen molar-refractivity contribution in [3.05, 3.63) is 42.2 Å². The number of methoxy groups -OCH3 is 2. The van der Waals surface area contributed by atoms with Gasteiger partial charge in [-0.2, -0.15) is 4.98 Å². The number of anilines is 1. The first-order valence-corrected chi connectivity index (χ1v) is 6.70. The number of nitrogens with zero attached hydrogens (tertiary/aromatic N) is 4. The molecule has 0 bridgehead atoms. The number of carbonyl (C=O) groups is 1. The third-order valence-electron chi connectivity index (χ3n) is 3.08. The highest BCUT2D eigenvalue weighted by Crippen LogP contribution is 2.23. The van der Waals surface area contributed by atoms with Crippen LogP contribution in [0.2, 0.25) is 0 Å². The van der Waals surface area contributed by atoms with Gasteiger partial charge in [0.1, 0.15) is 5.69 Å². The van der Waals surface area contributed by atoms with Crippen molar-refractivity contribution in [2.45, 2.75) is 0 Å². The molecule has 2 heterocycles. The van der Waals surface area contributed by atoms with Gasteiger partial charge in [0, 0.05) is 5.39 Å². The van der Waals surface area contributed by atoms with Crippen LogP contribution in [-0.4, -0.2) is 40.3 Å². The SMILES string of the molecule is COc1ncc(NC(=O)c2cc3ccccc3nn2)c(OC)n1. The van der Waals surface area contributed by atoms with Gasteiger partial charge >= 0.3 is 6.01 Å². The van der Waals surface area contributed by atoms with Gasteiger partial charge in [0.25, 0.3) is 5.91 Å². The number of ether oxygens (including phenoxy) is 2. The summed E-state index contributed by atoms with van der Waals surface area (Å²) in [5, 5.41) is 11.4. The Kier molecular flexibility index (Phi) is 3.96. The summed E-state index contributed by atoms with van der Waals surface area (Å²) in [6.45, 7) is 0. The van der Waals surface area contributed by atoms with Crippen LogP contribution in [0, 0.1) is 0 Å². The number of aromatic nitrogens is 4. The minimum Gasteiger partial charge on any atom is -0.479 e. The van der Waals surface area contributed by atoms with Crippen LogP contribution in [0.4, 0.5) is 5.69 Å². The van der Waals surface area contributed by atoms with Gasteiger partial charge < -0.3 is 14.8 Å². The van der Waals surface area contributed by atoms with E-state index < -0.39 is 5.91 Å². The molecule has 0 saturated carbocycles. The molecular formula is C15H13N5O3. The molecule has 3 aromatic rings. The van der Waals surface area contributed by atoms with Gasteiger partial charge in [-0.15, -0.1) is 10.2 Å². The first kappa shape index (κ1) is 14.6. The number of fused-ring (bicyclic) bond motifs is 1. The smallest absolute Gasteiger partial charge is 0.319 e. The number of benzene rings is 1. The fourth-order valence-corrected chi connectivity index (χ4v) is 1.97. The molecule has 1 N–H and O–H groups in total. The van der Waals surface area contributed by atoms with E-state index in [-0.39, 0.29) is 17.6 Å². The molecular weight excluding hydrogens is 298 g/mol. The predicted molar refractivity (Wildman–Crippen MR) is 82.6 cm³/mol. The average molecular weight is 311 g/mol. The molecule has 0 fully saturated rings. The number of hydrogen-bond donors (Lipinski definition) is 1. The molecule has 3 rings (SSSR count). The van der Waals surface area contributed by atoms with Crippen molar-refractivity contribution < 1.29 is 14.3 Å². The molecule has 8 nitrogen and oxygen atoms in total. The average Bonchev–Trinajstić information content (AvgIpc) is 2.61. The quantitative estimate of drug-likeness (QED) is 0.782. The van der Waals surface area contributed by atoms with Gasteiger partial charge in [-0.25, -0.2) is 4.98 Å². The van der Waals surface area contributed by atoms with E-state index in [9.17, 15) is 4.79 Å². The van der Waals surface area contributed by atoms with Gasteiger partial charge in [0.05, 0.1) is 25.9 Å². The van der Waals surface area contributed by atoms with Crippen LogP contribution >= 0.6 is 0 Å². The van der Waals surface area contributed by atoms with Crippen molar-refractivity contribution in [1.29, 1.82) is 0 Å². The third kappa shape index (κ3) is 3.00. The summed E-state index contributed by atoms with van der Waals surface area (Å²) in [5.41, 5.74) is 1.21. The van der Waals surface area contributed by atoms with E-state index in [1.165, 1.54) is 20.4 Å². The van der Waals surface area contributed by atoms with E-state index in [2.05, 4.69) is 25.5 Å². The second kappa shape index (κ2) is 6.22. The Hall–Kier alpha value is -3.29. The lowest BCUT2D eigenvalue weighted by molar-refractivity contribution is 0.102. The van der Waals surface area contributed by atoms with Crippen LogP contribution in [0.1, 0.15) is 10.5 Å². The number of hydrogen-bond acceptors (Lipinski definition) is 7. The first-order valence-electron chi connectivity index (χ1n) is 6.70. The monoisotopic (exact) mass is 311 g/mol. The van der Waals surface area contributed by atoms with E-state index in [1.807, 2.05) is 24.3 Å². The highest BCUT2D eigenvalue weighted by molar-refractivity contribution is 6.04. The first-order chi connectivity index (χ1) is 11.2. The van der Waals surface area contributed by atoms with E-state index in [0.717, 1.165) is 10.9 Å². The van der Waals surface area contributed by atoms with Gasteiger partial charge in [0.15, 0.2) is 5.69 Å². The van der Waals surface area contributed by atoms with Crippen LogP contribution in [0.15, 0.2) is 36.5 Å². The lowest BCUT2D eigenvalue weighted by Crippen LogP contribution is -2.15. The van der Waals surface area contributed by atoms with Gasteiger partial charge in [0.2, 0.25) is 5.88 Å². The van der Waals surface area contributed by atoms with Crippen molar-refractivity contribution >= 4 is 22.5 Å². The zero-order valence-corrected chi connectivity index (χ0v) is 12.5. The summed E-state index contributed by atoms with van der Waals surface area (Å²) in [6.07, 6.45) is 1.40. The van der Waals surface area contributed by atoms with Crippen molar-refractivity contribution in [3.63, 3.8) is 0 Å². The predicted octanol–water partition coefficient (Wildman–Crippen LogP) is 1.69. The molecule has 1 aromatic carbocycles. The van der Waals surface area contributed by atoms with Crippen LogP contribution in [0.3, 0.4) is 0 Å².